The Morgan fingerprint density at radius 1 is 1.39 bits per heavy atom. The van der Waals surface area contributed by atoms with E-state index in [-0.39, 0.29) is 24.0 Å². The molecule has 4 unspecified atom stereocenters. The molecular weight excluding hydrogens is 232 g/mol. The second-order valence-corrected chi connectivity index (χ2v) is 5.47. The van der Waals surface area contributed by atoms with Crippen LogP contribution >= 0.6 is 0 Å². The lowest BCUT2D eigenvalue weighted by Crippen LogP contribution is -2.44. The monoisotopic (exact) mass is 256 g/mol. The largest absolute Gasteiger partial charge is 0.393 e. The van der Waals surface area contributed by atoms with Crippen molar-refractivity contribution in [2.24, 2.45) is 11.8 Å². The Morgan fingerprint density at radius 2 is 2.22 bits per heavy atom. The summed E-state index contributed by atoms with van der Waals surface area (Å²) in [7, 11) is 1.86. The Morgan fingerprint density at radius 3 is 2.94 bits per heavy atom. The Labute approximate surface area is 108 Å². The molecule has 104 valence electrons. The lowest BCUT2D eigenvalue weighted by molar-refractivity contribution is -0.125. The van der Waals surface area contributed by atoms with Crippen LogP contribution in [0.25, 0.3) is 0 Å². The smallest absolute Gasteiger partial charge is 0.227 e. The third kappa shape index (κ3) is 3.43. The highest BCUT2D eigenvalue weighted by Gasteiger charge is 2.33. The molecule has 0 aromatic heterocycles. The van der Waals surface area contributed by atoms with Crippen molar-refractivity contribution in [3.63, 3.8) is 0 Å². The van der Waals surface area contributed by atoms with Crippen LogP contribution in [0.3, 0.4) is 0 Å². The highest BCUT2D eigenvalue weighted by Crippen LogP contribution is 2.23. The molecule has 0 spiro atoms. The fraction of sp³-hybridized carbons (Fsp3) is 0.923. The zero-order chi connectivity index (χ0) is 13.0. The maximum atomic E-state index is 12.0. The van der Waals surface area contributed by atoms with Crippen LogP contribution in [0.4, 0.5) is 0 Å². The summed E-state index contributed by atoms with van der Waals surface area (Å²) in [5.41, 5.74) is 0. The van der Waals surface area contributed by atoms with Crippen molar-refractivity contribution in [1.29, 1.82) is 0 Å². The van der Waals surface area contributed by atoms with E-state index in [4.69, 9.17) is 4.74 Å². The Hall–Kier alpha value is -0.650. The lowest BCUT2D eigenvalue weighted by Gasteiger charge is -2.26. The molecule has 1 amide bonds. The second kappa shape index (κ2) is 6.50. The van der Waals surface area contributed by atoms with Crippen LogP contribution in [0, 0.1) is 11.8 Å². The molecule has 1 aliphatic heterocycles. The number of ether oxygens (including phenoxy) is 1. The van der Waals surface area contributed by atoms with Crippen LogP contribution in [-0.4, -0.2) is 50.0 Å². The highest BCUT2D eigenvalue weighted by atomic mass is 16.5. The quantitative estimate of drug-likeness (QED) is 0.656. The molecule has 1 saturated heterocycles. The minimum Gasteiger partial charge on any atom is -0.393 e. The van der Waals surface area contributed by atoms with Crippen molar-refractivity contribution < 1.29 is 14.6 Å². The summed E-state index contributed by atoms with van der Waals surface area (Å²) < 4.78 is 5.33. The zero-order valence-corrected chi connectivity index (χ0v) is 11.0. The second-order valence-electron chi connectivity index (χ2n) is 5.47. The highest BCUT2D eigenvalue weighted by molar-refractivity contribution is 5.79. The van der Waals surface area contributed by atoms with Crippen molar-refractivity contribution in [2.45, 2.75) is 37.8 Å². The molecule has 1 heterocycles. The summed E-state index contributed by atoms with van der Waals surface area (Å²) in [5, 5.41) is 15.7. The maximum Gasteiger partial charge on any atom is 0.227 e. The molecule has 2 aliphatic rings. The summed E-state index contributed by atoms with van der Waals surface area (Å²) in [6.45, 7) is 1.80. The first-order valence-corrected chi connectivity index (χ1v) is 6.91. The standard InChI is InChI=1S/C13H24N2O3/c1-14-12-8-18-7-11(12)13(17)15-6-9-3-2-4-10(16)5-9/h9-12,14,16H,2-8H2,1H3,(H,15,17). The van der Waals surface area contributed by atoms with E-state index in [0.717, 1.165) is 25.7 Å². The molecule has 3 N–H and O–H groups in total. The molecule has 2 fully saturated rings. The fourth-order valence-electron chi connectivity index (χ4n) is 2.92. The molecule has 0 aromatic rings. The van der Waals surface area contributed by atoms with Crippen LogP contribution in [0.5, 0.6) is 0 Å². The number of rotatable bonds is 4. The maximum absolute atomic E-state index is 12.0. The van der Waals surface area contributed by atoms with Gasteiger partial charge >= 0.3 is 0 Å². The third-order valence-corrected chi connectivity index (χ3v) is 4.11. The minimum atomic E-state index is -0.180. The first-order valence-electron chi connectivity index (χ1n) is 6.91. The lowest BCUT2D eigenvalue weighted by atomic mass is 9.87. The van der Waals surface area contributed by atoms with Gasteiger partial charge in [-0.2, -0.15) is 0 Å². The Balaban J connectivity index is 1.74. The first-order chi connectivity index (χ1) is 8.70. The number of hydrogen-bond donors (Lipinski definition) is 3. The van der Waals surface area contributed by atoms with Crippen molar-refractivity contribution in [2.75, 3.05) is 26.8 Å². The molecule has 5 nitrogen and oxygen atoms in total. The van der Waals surface area contributed by atoms with Gasteiger partial charge in [0.1, 0.15) is 0 Å². The normalized spacial score (nSPS) is 36.6. The van der Waals surface area contributed by atoms with Gasteiger partial charge in [0, 0.05) is 12.6 Å². The van der Waals surface area contributed by atoms with Crippen molar-refractivity contribution in [3.05, 3.63) is 0 Å². The molecule has 0 radical (unpaired) electrons. The molecular formula is C13H24N2O3. The van der Waals surface area contributed by atoms with Gasteiger partial charge in [-0.1, -0.05) is 6.42 Å². The van der Waals surface area contributed by atoms with Gasteiger partial charge in [-0.25, -0.2) is 0 Å². The number of aliphatic hydroxyl groups excluding tert-OH is 1. The number of hydrogen-bond acceptors (Lipinski definition) is 4. The minimum absolute atomic E-state index is 0.0758. The fourth-order valence-corrected chi connectivity index (χ4v) is 2.92. The Bertz CT molecular complexity index is 285. The molecule has 4 atom stereocenters. The van der Waals surface area contributed by atoms with Crippen LogP contribution in [0.1, 0.15) is 25.7 Å². The summed E-state index contributed by atoms with van der Waals surface area (Å²) in [6, 6.07) is 0.127. The number of carbonyl (C=O) groups is 1. The van der Waals surface area contributed by atoms with E-state index in [9.17, 15) is 9.90 Å². The van der Waals surface area contributed by atoms with E-state index >= 15 is 0 Å². The first kappa shape index (κ1) is 13.8. The van der Waals surface area contributed by atoms with E-state index in [2.05, 4.69) is 10.6 Å². The topological polar surface area (TPSA) is 70.6 Å². The van der Waals surface area contributed by atoms with Gasteiger partial charge in [0.05, 0.1) is 25.2 Å². The van der Waals surface area contributed by atoms with Crippen molar-refractivity contribution >= 4 is 5.91 Å². The van der Waals surface area contributed by atoms with Crippen LogP contribution in [-0.2, 0) is 9.53 Å². The van der Waals surface area contributed by atoms with Gasteiger partial charge in [0.2, 0.25) is 5.91 Å². The summed E-state index contributed by atoms with van der Waals surface area (Å²) in [5.74, 6) is 0.420. The number of aliphatic hydroxyl groups is 1. The summed E-state index contributed by atoms with van der Waals surface area (Å²) in [6.07, 6.45) is 3.71. The van der Waals surface area contributed by atoms with Gasteiger partial charge in [-0.3, -0.25) is 4.79 Å². The van der Waals surface area contributed by atoms with Gasteiger partial charge in [0.15, 0.2) is 0 Å². The van der Waals surface area contributed by atoms with E-state index < -0.39 is 0 Å². The van der Waals surface area contributed by atoms with Gasteiger partial charge in [-0.05, 0) is 32.2 Å². The van der Waals surface area contributed by atoms with E-state index in [0.29, 0.717) is 25.7 Å². The number of amides is 1. The van der Waals surface area contributed by atoms with E-state index in [1.54, 1.807) is 0 Å². The van der Waals surface area contributed by atoms with E-state index in [1.807, 2.05) is 7.05 Å². The molecule has 1 aliphatic carbocycles. The zero-order valence-electron chi connectivity index (χ0n) is 11.0. The predicted molar refractivity (Wildman–Crippen MR) is 68.1 cm³/mol. The molecule has 2 rings (SSSR count). The van der Waals surface area contributed by atoms with E-state index in [1.165, 1.54) is 0 Å². The molecule has 0 aromatic carbocycles. The van der Waals surface area contributed by atoms with Crippen LogP contribution < -0.4 is 10.6 Å². The Kier molecular flexibility index (Phi) is 4.97. The average molecular weight is 256 g/mol. The molecule has 1 saturated carbocycles. The molecule has 5 heteroatoms. The van der Waals surface area contributed by atoms with Crippen LogP contribution in [0.15, 0.2) is 0 Å². The number of likely N-dealkylation sites (N-methyl/N-ethyl adjacent to an activating group) is 1. The number of carbonyl (C=O) groups excluding carboxylic acids is 1. The van der Waals surface area contributed by atoms with Gasteiger partial charge in [0.25, 0.3) is 0 Å². The summed E-state index contributed by atoms with van der Waals surface area (Å²) in [4.78, 5) is 12.0. The van der Waals surface area contributed by atoms with Crippen molar-refractivity contribution in [3.8, 4) is 0 Å². The van der Waals surface area contributed by atoms with Gasteiger partial charge in [-0.15, -0.1) is 0 Å². The van der Waals surface area contributed by atoms with Crippen LogP contribution in [0.2, 0.25) is 0 Å². The third-order valence-electron chi connectivity index (χ3n) is 4.11. The SMILES string of the molecule is CNC1COCC1C(=O)NCC1CCCC(O)C1. The number of nitrogens with one attached hydrogen (secondary N) is 2. The predicted octanol–water partition coefficient (Wildman–Crippen LogP) is -0.112. The summed E-state index contributed by atoms with van der Waals surface area (Å²) >= 11 is 0. The molecule has 18 heavy (non-hydrogen) atoms. The molecule has 0 bridgehead atoms. The van der Waals surface area contributed by atoms with Crippen molar-refractivity contribution in [1.82, 2.24) is 10.6 Å². The van der Waals surface area contributed by atoms with Gasteiger partial charge < -0.3 is 20.5 Å². The average Bonchev–Trinajstić information content (AvgIpc) is 2.84.